The topological polar surface area (TPSA) is 111 Å². The number of fused-ring (bicyclic) bond motifs is 2. The molecule has 0 bridgehead atoms. The van der Waals surface area contributed by atoms with Crippen molar-refractivity contribution in [2.75, 3.05) is 13.2 Å². The van der Waals surface area contributed by atoms with Crippen LogP contribution in [0.4, 0.5) is 5.69 Å². The van der Waals surface area contributed by atoms with Crippen molar-refractivity contribution in [3.8, 4) is 17.1 Å². The average molecular weight is 444 g/mol. The third-order valence-corrected chi connectivity index (χ3v) is 5.24. The number of para-hydroxylation sites is 1. The lowest BCUT2D eigenvalue weighted by Gasteiger charge is -2.10. The van der Waals surface area contributed by atoms with Crippen LogP contribution in [0, 0.1) is 4.91 Å². The van der Waals surface area contributed by atoms with Gasteiger partial charge in [0.05, 0.1) is 24.5 Å². The fourth-order valence-corrected chi connectivity index (χ4v) is 4.00. The molecule has 4 aromatic rings. The highest BCUT2D eigenvalue weighted by atomic mass is 79.9. The normalized spacial score (nSPS) is 12.6. The number of rotatable bonds is 7. The predicted molar refractivity (Wildman–Crippen MR) is 112 cm³/mol. The van der Waals surface area contributed by atoms with Gasteiger partial charge in [-0.05, 0) is 22.9 Å². The van der Waals surface area contributed by atoms with Gasteiger partial charge in [0.15, 0.2) is 5.88 Å². The van der Waals surface area contributed by atoms with Crippen LogP contribution >= 0.6 is 15.9 Å². The predicted octanol–water partition coefficient (Wildman–Crippen LogP) is 4.69. The summed E-state index contributed by atoms with van der Waals surface area (Å²) in [7, 11) is 0. The van der Waals surface area contributed by atoms with Crippen molar-refractivity contribution in [3.63, 3.8) is 0 Å². The Balaban J connectivity index is 1.77. The number of aromatic nitrogens is 2. The van der Waals surface area contributed by atoms with Crippen molar-refractivity contribution in [2.45, 2.75) is 11.4 Å². The third kappa shape index (κ3) is 3.30. The summed E-state index contributed by atoms with van der Waals surface area (Å²) in [6.45, 7) is 0.222. The van der Waals surface area contributed by atoms with Gasteiger partial charge in [0.25, 0.3) is 0 Å². The Morgan fingerprint density at radius 3 is 2.71 bits per heavy atom. The molecule has 0 aliphatic carbocycles. The Morgan fingerprint density at radius 2 is 1.93 bits per heavy atom. The van der Waals surface area contributed by atoms with Gasteiger partial charge in [0.1, 0.15) is 10.7 Å². The molecule has 1 atom stereocenters. The minimum absolute atomic E-state index is 0.0319. The molecule has 4 rings (SSSR count). The number of hydrogen-bond donors (Lipinski definition) is 4. The molecule has 2 aromatic carbocycles. The Labute approximate surface area is 168 Å². The molecular formula is C20H18BrN3O4. The molecule has 144 valence electrons. The fraction of sp³-hybridized carbons (Fsp3) is 0.200. The summed E-state index contributed by atoms with van der Waals surface area (Å²) in [5.41, 5.74) is 3.78. The van der Waals surface area contributed by atoms with Crippen molar-refractivity contribution in [2.24, 2.45) is 5.18 Å². The summed E-state index contributed by atoms with van der Waals surface area (Å²) in [4.78, 5) is 17.7. The van der Waals surface area contributed by atoms with Gasteiger partial charge in [0.2, 0.25) is 0 Å². The van der Waals surface area contributed by atoms with Gasteiger partial charge in [-0.2, -0.15) is 0 Å². The minimum Gasteiger partial charge on any atom is -0.494 e. The quantitative estimate of drug-likeness (QED) is 0.245. The highest BCUT2D eigenvalue weighted by Crippen LogP contribution is 2.44. The zero-order valence-electron chi connectivity index (χ0n) is 14.8. The summed E-state index contributed by atoms with van der Waals surface area (Å²) >= 11 is 3.43. The molecule has 0 unspecified atom stereocenters. The number of nitrogens with one attached hydrogen (secondary N) is 2. The third-order valence-electron chi connectivity index (χ3n) is 4.65. The smallest absolute Gasteiger partial charge is 0.199 e. The van der Waals surface area contributed by atoms with E-state index in [2.05, 4.69) is 31.1 Å². The lowest BCUT2D eigenvalue weighted by atomic mass is 10.1. The first-order valence-corrected chi connectivity index (χ1v) is 9.68. The minimum atomic E-state index is -0.222. The maximum absolute atomic E-state index is 11.5. The van der Waals surface area contributed by atoms with E-state index in [1.54, 1.807) is 0 Å². The van der Waals surface area contributed by atoms with E-state index in [1.807, 2.05) is 42.5 Å². The number of aliphatic hydroxyl groups is 1. The number of aromatic hydroxyl groups is 1. The standard InChI is InChI=1S/C20H18BrN3O4/c21-16(28-8-7-25)10-11-5-6-12-15(9-11)23-20(26)17(12)19-18(24-27)13-3-1-2-4-14(13)22-19/h1-6,9,16,22-23,25-26H,7-8,10H2/t16-/m1/s1. The second-order valence-electron chi connectivity index (χ2n) is 6.42. The van der Waals surface area contributed by atoms with Crippen LogP contribution < -0.4 is 0 Å². The Kier molecular flexibility index (Phi) is 5.17. The van der Waals surface area contributed by atoms with Gasteiger partial charge in [0, 0.05) is 28.2 Å². The van der Waals surface area contributed by atoms with Crippen LogP contribution in [0.3, 0.4) is 0 Å². The van der Waals surface area contributed by atoms with E-state index in [4.69, 9.17) is 9.84 Å². The molecular weight excluding hydrogens is 426 g/mol. The van der Waals surface area contributed by atoms with Crippen molar-refractivity contribution >= 4 is 43.4 Å². The molecule has 0 aliphatic heterocycles. The van der Waals surface area contributed by atoms with E-state index < -0.39 is 0 Å². The highest BCUT2D eigenvalue weighted by Gasteiger charge is 2.21. The van der Waals surface area contributed by atoms with E-state index in [9.17, 15) is 10.0 Å². The molecule has 0 radical (unpaired) electrons. The summed E-state index contributed by atoms with van der Waals surface area (Å²) in [6.07, 6.45) is 0.596. The number of benzene rings is 2. The number of halogens is 1. The second-order valence-corrected chi connectivity index (χ2v) is 7.44. The number of nitrogens with zero attached hydrogens (tertiary/aromatic N) is 1. The number of nitroso groups, excluding NO2 is 1. The van der Waals surface area contributed by atoms with Crippen LogP contribution in [0.15, 0.2) is 47.6 Å². The summed E-state index contributed by atoms with van der Waals surface area (Å²) in [5.74, 6) is -0.0319. The van der Waals surface area contributed by atoms with Crippen LogP contribution in [0.25, 0.3) is 33.1 Å². The van der Waals surface area contributed by atoms with Crippen LogP contribution in [-0.4, -0.2) is 38.4 Å². The number of aliphatic hydroxyl groups excluding tert-OH is 1. The van der Waals surface area contributed by atoms with Crippen molar-refractivity contribution in [1.29, 1.82) is 0 Å². The number of ether oxygens (including phenoxy) is 1. The molecule has 0 aliphatic rings. The summed E-state index contributed by atoms with van der Waals surface area (Å²) in [5, 5.41) is 23.9. The maximum atomic E-state index is 11.5. The monoisotopic (exact) mass is 443 g/mol. The summed E-state index contributed by atoms with van der Waals surface area (Å²) < 4.78 is 5.42. The molecule has 8 heteroatoms. The van der Waals surface area contributed by atoms with Crippen molar-refractivity contribution in [3.05, 3.63) is 52.9 Å². The van der Waals surface area contributed by atoms with Crippen LogP contribution in [0.1, 0.15) is 5.56 Å². The first-order valence-electron chi connectivity index (χ1n) is 8.77. The van der Waals surface area contributed by atoms with Crippen LogP contribution in [-0.2, 0) is 11.2 Å². The number of H-pyrrole nitrogens is 2. The fourth-order valence-electron chi connectivity index (χ4n) is 3.44. The SMILES string of the molecule is O=Nc1c(-c2c(O)[nH]c3cc(C[C@H](Br)OCCO)ccc23)[nH]c2ccccc12. The zero-order chi connectivity index (χ0) is 19.7. The molecule has 7 nitrogen and oxygen atoms in total. The molecule has 0 saturated carbocycles. The van der Waals surface area contributed by atoms with Crippen molar-refractivity contribution in [1.82, 2.24) is 9.97 Å². The highest BCUT2D eigenvalue weighted by molar-refractivity contribution is 9.09. The van der Waals surface area contributed by atoms with E-state index in [0.29, 0.717) is 23.1 Å². The average Bonchev–Trinajstić information content (AvgIpc) is 3.21. The van der Waals surface area contributed by atoms with E-state index in [0.717, 1.165) is 22.0 Å². The van der Waals surface area contributed by atoms with Gasteiger partial charge in [-0.1, -0.05) is 46.3 Å². The maximum Gasteiger partial charge on any atom is 0.199 e. The summed E-state index contributed by atoms with van der Waals surface area (Å²) in [6, 6.07) is 13.1. The lowest BCUT2D eigenvalue weighted by Crippen LogP contribution is -2.11. The zero-order valence-corrected chi connectivity index (χ0v) is 16.4. The molecule has 4 N–H and O–H groups in total. The van der Waals surface area contributed by atoms with Gasteiger partial charge < -0.3 is 24.9 Å². The molecule has 0 spiro atoms. The van der Waals surface area contributed by atoms with E-state index >= 15 is 0 Å². The molecule has 0 saturated heterocycles. The number of hydrogen-bond acceptors (Lipinski definition) is 5. The van der Waals surface area contributed by atoms with Crippen LogP contribution in [0.2, 0.25) is 0 Å². The largest absolute Gasteiger partial charge is 0.494 e. The second kappa shape index (κ2) is 7.75. The lowest BCUT2D eigenvalue weighted by molar-refractivity contribution is 0.0795. The number of aromatic amines is 2. The van der Waals surface area contributed by atoms with Crippen LogP contribution in [0.5, 0.6) is 5.88 Å². The molecule has 2 aromatic heterocycles. The molecule has 28 heavy (non-hydrogen) atoms. The number of alkyl halides is 1. The first kappa shape index (κ1) is 18.7. The molecule has 2 heterocycles. The van der Waals surface area contributed by atoms with Gasteiger partial charge in [-0.25, -0.2) is 0 Å². The van der Waals surface area contributed by atoms with E-state index in [1.165, 1.54) is 0 Å². The Morgan fingerprint density at radius 1 is 1.11 bits per heavy atom. The molecule has 0 fully saturated rings. The first-order chi connectivity index (χ1) is 13.6. The Hall–Kier alpha value is -2.68. The van der Waals surface area contributed by atoms with Gasteiger partial charge in [-0.3, -0.25) is 0 Å². The van der Waals surface area contributed by atoms with E-state index in [-0.39, 0.29) is 29.8 Å². The van der Waals surface area contributed by atoms with Crippen molar-refractivity contribution < 1.29 is 14.9 Å². The van der Waals surface area contributed by atoms with Gasteiger partial charge >= 0.3 is 0 Å². The Bertz CT molecular complexity index is 1150. The van der Waals surface area contributed by atoms with Gasteiger partial charge in [-0.15, -0.1) is 4.91 Å². The molecule has 0 amide bonds.